The van der Waals surface area contributed by atoms with Gasteiger partial charge < -0.3 is 10.6 Å². The maximum Gasteiger partial charge on any atom is 0.224 e. The molecular weight excluding hydrogens is 244 g/mol. The molecule has 3 nitrogen and oxygen atoms in total. The number of carbonyl (C=O) groups is 1. The molecule has 1 aromatic carbocycles. The third-order valence-corrected chi connectivity index (χ3v) is 3.95. The second kappa shape index (κ2) is 6.81. The van der Waals surface area contributed by atoms with Crippen LogP contribution in [0.2, 0.25) is 0 Å². The first-order chi connectivity index (χ1) is 8.78. The van der Waals surface area contributed by atoms with E-state index in [2.05, 4.69) is 10.6 Å². The quantitative estimate of drug-likeness (QED) is 0.822. The molecule has 0 bridgehead atoms. The number of piperidine rings is 1. The molecule has 2 N–H and O–H groups in total. The van der Waals surface area contributed by atoms with Crippen LogP contribution < -0.4 is 10.6 Å². The van der Waals surface area contributed by atoms with Crippen LogP contribution >= 0.6 is 11.8 Å². The number of rotatable bonds is 4. The molecule has 0 aromatic heterocycles. The zero-order valence-electron chi connectivity index (χ0n) is 10.7. The molecule has 1 amide bonds. The number of benzene rings is 1. The molecule has 1 unspecified atom stereocenters. The molecule has 1 aromatic rings. The topological polar surface area (TPSA) is 41.1 Å². The Morgan fingerprint density at radius 2 is 2.44 bits per heavy atom. The van der Waals surface area contributed by atoms with E-state index in [9.17, 15) is 4.79 Å². The van der Waals surface area contributed by atoms with E-state index in [0.717, 1.165) is 25.2 Å². The van der Waals surface area contributed by atoms with Gasteiger partial charge in [-0.05, 0) is 56.3 Å². The van der Waals surface area contributed by atoms with Gasteiger partial charge in [0.15, 0.2) is 0 Å². The normalized spacial score (nSPS) is 19.5. The Balaban J connectivity index is 1.85. The summed E-state index contributed by atoms with van der Waals surface area (Å²) >= 11 is 1.68. The predicted octanol–water partition coefficient (Wildman–Crippen LogP) is 2.74. The van der Waals surface area contributed by atoms with Crippen LogP contribution in [-0.4, -0.2) is 25.3 Å². The maximum atomic E-state index is 11.9. The van der Waals surface area contributed by atoms with Crippen molar-refractivity contribution in [2.75, 3.05) is 24.7 Å². The molecule has 0 spiro atoms. The zero-order valence-corrected chi connectivity index (χ0v) is 11.6. The molecule has 1 atom stereocenters. The summed E-state index contributed by atoms with van der Waals surface area (Å²) in [6.07, 6.45) is 5.00. The monoisotopic (exact) mass is 264 g/mol. The number of carbonyl (C=O) groups excluding carboxylic acids is 1. The molecule has 2 rings (SSSR count). The van der Waals surface area contributed by atoms with Crippen LogP contribution in [0.1, 0.15) is 19.3 Å². The number of anilines is 1. The second-order valence-electron chi connectivity index (χ2n) is 4.70. The van der Waals surface area contributed by atoms with Gasteiger partial charge in [0.1, 0.15) is 0 Å². The highest BCUT2D eigenvalue weighted by Crippen LogP contribution is 2.20. The van der Waals surface area contributed by atoms with Crippen LogP contribution in [0, 0.1) is 5.92 Å². The van der Waals surface area contributed by atoms with E-state index in [1.54, 1.807) is 11.8 Å². The number of amides is 1. The molecule has 0 saturated carbocycles. The van der Waals surface area contributed by atoms with Crippen molar-refractivity contribution < 1.29 is 4.79 Å². The van der Waals surface area contributed by atoms with E-state index in [1.165, 1.54) is 11.3 Å². The van der Waals surface area contributed by atoms with Gasteiger partial charge in [0.25, 0.3) is 0 Å². The molecule has 1 aliphatic heterocycles. The fraction of sp³-hybridized carbons (Fsp3) is 0.500. The molecule has 0 radical (unpaired) electrons. The van der Waals surface area contributed by atoms with Gasteiger partial charge in [-0.15, -0.1) is 11.8 Å². The molecule has 1 fully saturated rings. The number of thioether (sulfide) groups is 1. The first-order valence-electron chi connectivity index (χ1n) is 6.42. The van der Waals surface area contributed by atoms with Crippen LogP contribution in [0.3, 0.4) is 0 Å². The van der Waals surface area contributed by atoms with Gasteiger partial charge in [0.05, 0.1) is 0 Å². The molecule has 4 heteroatoms. The number of nitrogens with one attached hydrogen (secondary N) is 2. The fourth-order valence-corrected chi connectivity index (χ4v) is 2.73. The van der Waals surface area contributed by atoms with Crippen molar-refractivity contribution in [2.24, 2.45) is 5.92 Å². The van der Waals surface area contributed by atoms with Crippen LogP contribution in [0.5, 0.6) is 0 Å². The molecule has 1 aliphatic rings. The molecule has 0 aliphatic carbocycles. The lowest BCUT2D eigenvalue weighted by atomic mass is 9.96. The average molecular weight is 264 g/mol. The summed E-state index contributed by atoms with van der Waals surface area (Å²) in [6, 6.07) is 7.98. The van der Waals surface area contributed by atoms with E-state index < -0.39 is 0 Å². The Bertz CT molecular complexity index is 403. The zero-order chi connectivity index (χ0) is 12.8. The highest BCUT2D eigenvalue weighted by Gasteiger charge is 2.16. The van der Waals surface area contributed by atoms with Crippen molar-refractivity contribution in [3.05, 3.63) is 24.3 Å². The average Bonchev–Trinajstić information content (AvgIpc) is 2.40. The third-order valence-electron chi connectivity index (χ3n) is 3.23. The maximum absolute atomic E-state index is 11.9. The minimum absolute atomic E-state index is 0.127. The van der Waals surface area contributed by atoms with E-state index in [0.29, 0.717) is 12.3 Å². The van der Waals surface area contributed by atoms with Crippen LogP contribution in [0.4, 0.5) is 5.69 Å². The first-order valence-corrected chi connectivity index (χ1v) is 7.65. The summed E-state index contributed by atoms with van der Waals surface area (Å²) in [4.78, 5) is 13.1. The number of hydrogen-bond acceptors (Lipinski definition) is 3. The summed E-state index contributed by atoms with van der Waals surface area (Å²) in [6.45, 7) is 2.06. The molecule has 1 saturated heterocycles. The van der Waals surface area contributed by atoms with Gasteiger partial charge >= 0.3 is 0 Å². The summed E-state index contributed by atoms with van der Waals surface area (Å²) in [7, 11) is 0. The highest BCUT2D eigenvalue weighted by molar-refractivity contribution is 7.98. The second-order valence-corrected chi connectivity index (χ2v) is 5.58. The van der Waals surface area contributed by atoms with Crippen molar-refractivity contribution in [1.29, 1.82) is 0 Å². The van der Waals surface area contributed by atoms with E-state index in [4.69, 9.17) is 0 Å². The van der Waals surface area contributed by atoms with Crippen LogP contribution in [-0.2, 0) is 4.79 Å². The smallest absolute Gasteiger partial charge is 0.224 e. The predicted molar refractivity (Wildman–Crippen MR) is 77.1 cm³/mol. The van der Waals surface area contributed by atoms with Gasteiger partial charge in [-0.25, -0.2) is 0 Å². The van der Waals surface area contributed by atoms with Gasteiger partial charge in [0.2, 0.25) is 5.91 Å². The van der Waals surface area contributed by atoms with Crippen molar-refractivity contribution in [1.82, 2.24) is 5.32 Å². The lowest BCUT2D eigenvalue weighted by Crippen LogP contribution is -2.32. The van der Waals surface area contributed by atoms with E-state index in [-0.39, 0.29) is 5.91 Å². The van der Waals surface area contributed by atoms with Gasteiger partial charge in [-0.1, -0.05) is 6.07 Å². The largest absolute Gasteiger partial charge is 0.326 e. The van der Waals surface area contributed by atoms with E-state index >= 15 is 0 Å². The number of hydrogen-bond donors (Lipinski definition) is 2. The highest BCUT2D eigenvalue weighted by atomic mass is 32.2. The summed E-state index contributed by atoms with van der Waals surface area (Å²) in [5.74, 6) is 0.615. The van der Waals surface area contributed by atoms with Gasteiger partial charge in [0, 0.05) is 17.0 Å². The summed E-state index contributed by atoms with van der Waals surface area (Å²) < 4.78 is 0. The van der Waals surface area contributed by atoms with Crippen LogP contribution in [0.15, 0.2) is 29.2 Å². The van der Waals surface area contributed by atoms with Crippen molar-refractivity contribution in [2.45, 2.75) is 24.2 Å². The van der Waals surface area contributed by atoms with Crippen molar-refractivity contribution in [3.8, 4) is 0 Å². The Labute approximate surface area is 113 Å². The Kier molecular flexibility index (Phi) is 5.08. The molecule has 1 heterocycles. The summed E-state index contributed by atoms with van der Waals surface area (Å²) in [5, 5.41) is 6.32. The third kappa shape index (κ3) is 4.03. The lowest BCUT2D eigenvalue weighted by Gasteiger charge is -2.22. The molecular formula is C14H20N2OS. The van der Waals surface area contributed by atoms with Crippen molar-refractivity contribution >= 4 is 23.4 Å². The lowest BCUT2D eigenvalue weighted by molar-refractivity contribution is -0.117. The SMILES string of the molecule is CSc1cccc(NC(=O)CC2CCCNC2)c1. The summed E-state index contributed by atoms with van der Waals surface area (Å²) in [5.41, 5.74) is 0.899. The Morgan fingerprint density at radius 1 is 1.56 bits per heavy atom. The molecule has 18 heavy (non-hydrogen) atoms. The van der Waals surface area contributed by atoms with Gasteiger partial charge in [-0.2, -0.15) is 0 Å². The fourth-order valence-electron chi connectivity index (χ4n) is 2.27. The van der Waals surface area contributed by atoms with E-state index in [1.807, 2.05) is 30.5 Å². The first kappa shape index (κ1) is 13.4. The molecule has 98 valence electrons. The minimum Gasteiger partial charge on any atom is -0.326 e. The van der Waals surface area contributed by atoms with Gasteiger partial charge in [-0.3, -0.25) is 4.79 Å². The standard InChI is InChI=1S/C14H20N2OS/c1-18-13-6-2-5-12(9-13)16-14(17)8-11-4-3-7-15-10-11/h2,5-6,9,11,15H,3-4,7-8,10H2,1H3,(H,16,17). The van der Waals surface area contributed by atoms with Crippen LogP contribution in [0.25, 0.3) is 0 Å². The van der Waals surface area contributed by atoms with Crippen molar-refractivity contribution in [3.63, 3.8) is 0 Å². The minimum atomic E-state index is 0.127. The Hall–Kier alpha value is -1.00. The Morgan fingerprint density at radius 3 is 3.17 bits per heavy atom.